The summed E-state index contributed by atoms with van der Waals surface area (Å²) >= 11 is 0. The third kappa shape index (κ3) is 3.20. The van der Waals surface area contributed by atoms with E-state index in [1.807, 2.05) is 18.6 Å². The van der Waals surface area contributed by atoms with Crippen molar-refractivity contribution in [2.75, 3.05) is 6.54 Å². The van der Waals surface area contributed by atoms with Crippen molar-refractivity contribution in [2.45, 2.75) is 64.4 Å². The lowest BCUT2D eigenvalue weighted by atomic mass is 9.80. The van der Waals surface area contributed by atoms with Crippen molar-refractivity contribution >= 4 is 17.7 Å². The third-order valence-corrected chi connectivity index (χ3v) is 6.90. The minimum Gasteiger partial charge on any atom is -0.481 e. The molecule has 0 aromatic carbocycles. The van der Waals surface area contributed by atoms with Crippen LogP contribution in [0.1, 0.15) is 46.5 Å². The van der Waals surface area contributed by atoms with E-state index in [0.717, 1.165) is 36.4 Å². The number of carbonyl (C=O) groups is 3. The quantitative estimate of drug-likeness (QED) is 0.527. The predicted molar refractivity (Wildman–Crippen MR) is 102 cm³/mol. The molecule has 4 aliphatic heterocycles. The fourth-order valence-corrected chi connectivity index (χ4v) is 5.50. The summed E-state index contributed by atoms with van der Waals surface area (Å²) in [5, 5.41) is 9.16. The molecule has 4 aliphatic rings. The summed E-state index contributed by atoms with van der Waals surface area (Å²) in [6.45, 7) is 6.21. The predicted octanol–water partition coefficient (Wildman–Crippen LogP) is 1.06. The van der Waals surface area contributed by atoms with E-state index < -0.39 is 17.7 Å². The van der Waals surface area contributed by atoms with E-state index >= 15 is 0 Å². The highest BCUT2D eigenvalue weighted by Gasteiger charge is 2.65. The van der Waals surface area contributed by atoms with Gasteiger partial charge in [-0.2, -0.15) is 0 Å². The molecule has 0 aliphatic carbocycles. The second-order valence-corrected chi connectivity index (χ2v) is 8.75. The Bertz CT molecular complexity index is 801. The van der Waals surface area contributed by atoms with Gasteiger partial charge in [0.05, 0.1) is 24.5 Å². The molecule has 156 valence electrons. The standard InChI is InChI=1S/C22H27NO6/c1-4-14-19-16-8-7-15(17(24)10-12(2)20(25)26)23(16)9-5-6-18(19)28-22(14)11-13(3)21(27)29-22/h7-8,11-12,14-15,18-19H,4-6,9-10H2,1-3H3/p+2/t12-,14-,15?,18+,19+,22-/m0/s1. The van der Waals surface area contributed by atoms with Gasteiger partial charge in [0.15, 0.2) is 6.08 Å². The number of ether oxygens (including phenoxy) is 2. The molecule has 0 aromatic heterocycles. The molecule has 7 atom stereocenters. The summed E-state index contributed by atoms with van der Waals surface area (Å²) in [7, 11) is 0. The van der Waals surface area contributed by atoms with E-state index in [2.05, 4.69) is 6.92 Å². The molecule has 2 fully saturated rings. The van der Waals surface area contributed by atoms with Crippen molar-refractivity contribution < 1.29 is 33.9 Å². The van der Waals surface area contributed by atoms with Crippen LogP contribution in [0.2, 0.25) is 0 Å². The van der Waals surface area contributed by atoms with E-state index in [0.29, 0.717) is 5.57 Å². The Balaban J connectivity index is 1.59. The maximum atomic E-state index is 12.8. The Kier molecular flexibility index (Phi) is 5.07. The van der Waals surface area contributed by atoms with Gasteiger partial charge in [0.1, 0.15) is 12.3 Å². The number of nitrogens with one attached hydrogen (secondary N) is 1. The number of carboxylic acids is 1. The van der Waals surface area contributed by atoms with Gasteiger partial charge in [-0.15, -0.1) is 0 Å². The van der Waals surface area contributed by atoms with E-state index in [9.17, 15) is 14.4 Å². The minimum atomic E-state index is -1.01. The van der Waals surface area contributed by atoms with E-state index in [-0.39, 0.29) is 42.2 Å². The van der Waals surface area contributed by atoms with Crippen molar-refractivity contribution in [2.24, 2.45) is 17.8 Å². The van der Waals surface area contributed by atoms with Crippen molar-refractivity contribution in [3.05, 3.63) is 29.8 Å². The first-order valence-electron chi connectivity index (χ1n) is 10.5. The first-order chi connectivity index (χ1) is 13.8. The summed E-state index contributed by atoms with van der Waals surface area (Å²) in [6.07, 6.45) is 8.29. The summed E-state index contributed by atoms with van der Waals surface area (Å²) in [5.41, 5.74) is 1.71. The maximum Gasteiger partial charge on any atom is 0.336 e. The van der Waals surface area contributed by atoms with Crippen LogP contribution >= 0.6 is 0 Å². The lowest BCUT2D eigenvalue weighted by Gasteiger charge is -2.28. The van der Waals surface area contributed by atoms with Gasteiger partial charge >= 0.3 is 11.9 Å². The van der Waals surface area contributed by atoms with Crippen LogP contribution in [0.3, 0.4) is 0 Å². The topological polar surface area (TPSA) is 94.3 Å². The van der Waals surface area contributed by atoms with Gasteiger partial charge in [0, 0.05) is 18.4 Å². The zero-order valence-electron chi connectivity index (χ0n) is 17.1. The molecule has 1 spiro atoms. The maximum absolute atomic E-state index is 12.8. The Morgan fingerprint density at radius 3 is 2.83 bits per heavy atom. The van der Waals surface area contributed by atoms with Gasteiger partial charge in [0.2, 0.25) is 23.3 Å². The van der Waals surface area contributed by atoms with Gasteiger partial charge in [-0.25, -0.2) is 9.69 Å². The minimum absolute atomic E-state index is 0.00607. The number of hydrogen-bond donors (Lipinski definition) is 2. The van der Waals surface area contributed by atoms with Crippen LogP contribution in [0.15, 0.2) is 23.4 Å². The highest BCUT2D eigenvalue weighted by molar-refractivity contribution is 5.91. The van der Waals surface area contributed by atoms with Crippen LogP contribution in [-0.2, 0) is 23.9 Å². The molecule has 0 radical (unpaired) electrons. The molecule has 4 rings (SSSR count). The van der Waals surface area contributed by atoms with Crippen molar-refractivity contribution in [1.82, 2.24) is 0 Å². The summed E-state index contributed by atoms with van der Waals surface area (Å²) in [6, 6.07) is -0.344. The molecule has 2 N–H and O–H groups in total. The molecule has 2 saturated heterocycles. The smallest absolute Gasteiger partial charge is 0.336 e. The zero-order valence-corrected chi connectivity index (χ0v) is 17.1. The van der Waals surface area contributed by atoms with Gasteiger partial charge in [0.25, 0.3) is 0 Å². The van der Waals surface area contributed by atoms with Crippen molar-refractivity contribution in [3.63, 3.8) is 0 Å². The van der Waals surface area contributed by atoms with Crippen LogP contribution in [0, 0.1) is 24.2 Å². The third-order valence-electron chi connectivity index (χ3n) is 6.90. The lowest BCUT2D eigenvalue weighted by Crippen LogP contribution is -3.14. The zero-order chi connectivity index (χ0) is 20.9. The largest absolute Gasteiger partial charge is 0.481 e. The summed E-state index contributed by atoms with van der Waals surface area (Å²) < 4.78 is 12.1. The number of fused-ring (bicyclic) bond motifs is 3. The number of carbonyl (C=O) groups excluding carboxylic acids is 2. The average molecular weight is 403 g/mol. The molecule has 0 aromatic rings. The number of Topliss-reactive ketones (excluding diaryl/α,β-unsaturated/α-hetero) is 1. The molecule has 7 heteroatoms. The van der Waals surface area contributed by atoms with Crippen LogP contribution in [0.25, 0.3) is 0 Å². The van der Waals surface area contributed by atoms with E-state index in [1.165, 1.54) is 0 Å². The van der Waals surface area contributed by atoms with Gasteiger partial charge in [-0.1, -0.05) is 13.8 Å². The van der Waals surface area contributed by atoms with Crippen LogP contribution in [0.4, 0.5) is 0 Å². The van der Waals surface area contributed by atoms with Crippen LogP contribution < -0.4 is 4.90 Å². The molecule has 7 nitrogen and oxygen atoms in total. The first kappa shape index (κ1) is 20.2. The van der Waals surface area contributed by atoms with E-state index in [4.69, 9.17) is 14.6 Å². The Morgan fingerprint density at radius 2 is 2.21 bits per heavy atom. The Morgan fingerprint density at radius 1 is 1.45 bits per heavy atom. The number of hydrogen-bond acceptors (Lipinski definition) is 5. The molecule has 2 unspecified atom stereocenters. The highest BCUT2D eigenvalue weighted by Crippen LogP contribution is 2.51. The first-order valence-corrected chi connectivity index (χ1v) is 10.5. The molecule has 29 heavy (non-hydrogen) atoms. The number of rotatable bonds is 5. The molecular weight excluding hydrogens is 374 g/mol. The summed E-state index contributed by atoms with van der Waals surface area (Å²) in [4.78, 5) is 37.2. The molecule has 0 saturated carbocycles. The van der Waals surface area contributed by atoms with Gasteiger partial charge in [-0.05, 0) is 25.8 Å². The molecule has 0 bridgehead atoms. The SMILES string of the molecule is CC[C@H]1[C@@H]2C3=C[CH+]C(C(=O)C[C@H](C)C(=O)O)[NH+]3CCC[C@H]2O[C@]12C=C(C)C(=O)O2. The second kappa shape index (κ2) is 7.29. The van der Waals surface area contributed by atoms with Crippen molar-refractivity contribution in [1.29, 1.82) is 0 Å². The normalized spacial score (nSPS) is 39.0. The van der Waals surface area contributed by atoms with E-state index in [1.54, 1.807) is 13.8 Å². The highest BCUT2D eigenvalue weighted by atomic mass is 16.7. The fraction of sp³-hybridized carbons (Fsp3) is 0.636. The molecule has 4 heterocycles. The molecular formula is C22H29NO6+2. The number of esters is 1. The molecule has 0 amide bonds. The van der Waals surface area contributed by atoms with Crippen molar-refractivity contribution in [3.8, 4) is 0 Å². The second-order valence-electron chi connectivity index (χ2n) is 8.75. The number of quaternary nitrogens is 1. The summed E-state index contributed by atoms with van der Waals surface area (Å²) in [5.74, 6) is -2.94. The van der Waals surface area contributed by atoms with Gasteiger partial charge < -0.3 is 14.6 Å². The number of ketones is 1. The number of aliphatic carboxylic acids is 1. The van der Waals surface area contributed by atoms with Crippen LogP contribution in [-0.4, -0.2) is 47.3 Å². The van der Waals surface area contributed by atoms with Gasteiger partial charge in [-0.3, -0.25) is 9.59 Å². The average Bonchev–Trinajstić information content (AvgIpc) is 3.25. The lowest BCUT2D eigenvalue weighted by molar-refractivity contribution is -0.870. The Labute approximate surface area is 170 Å². The Hall–Kier alpha value is -2.12. The number of carboxylic acid groups (broad SMARTS) is 1. The monoisotopic (exact) mass is 403 g/mol. The van der Waals surface area contributed by atoms with Crippen LogP contribution in [0.5, 0.6) is 0 Å². The fourth-order valence-electron chi connectivity index (χ4n) is 5.50.